The molecule has 6 amide bonds. The molecular formula is C35H81N7O5SSi. The van der Waals surface area contributed by atoms with Crippen molar-refractivity contribution in [3.63, 3.8) is 0 Å². The molecule has 2 N–H and O–H groups in total. The molecule has 0 spiro atoms. The number of nitrogens with one attached hydrogen (secondary N) is 1. The normalized spacial score (nSPS) is 13.2. The van der Waals surface area contributed by atoms with Gasteiger partial charge in [0.05, 0.1) is 5.37 Å². The molecule has 0 aromatic carbocycles. The first-order valence-electron chi connectivity index (χ1n) is 17.4. The van der Waals surface area contributed by atoms with Crippen LogP contribution in [0, 0.1) is 0 Å². The molecule has 0 aromatic heterocycles. The molecule has 0 radical (unpaired) electrons. The summed E-state index contributed by atoms with van der Waals surface area (Å²) in [4.78, 5) is 45.2. The van der Waals surface area contributed by atoms with Gasteiger partial charge in [0.25, 0.3) is 0 Å². The van der Waals surface area contributed by atoms with Crippen LogP contribution in [0.5, 0.6) is 0 Å². The smallest absolute Gasteiger partial charge is 0.321 e. The maximum atomic E-state index is 12.2. The zero-order valence-corrected chi connectivity index (χ0v) is 38.0. The number of nitrogens with zero attached hydrogens (tertiary/aromatic N) is 6. The fraction of sp³-hybridized carbons (Fsp3) is 0.914. The van der Waals surface area contributed by atoms with Crippen molar-refractivity contribution in [3.8, 4) is 0 Å². The number of carbonyl (C=O) groups is 3. The molecule has 49 heavy (non-hydrogen) atoms. The van der Waals surface area contributed by atoms with Crippen LogP contribution in [-0.4, -0.2) is 159 Å². The molecule has 3 unspecified atom stereocenters. The van der Waals surface area contributed by atoms with E-state index in [1.165, 1.54) is 4.90 Å². The zero-order chi connectivity index (χ0) is 40.4. The molecule has 0 aliphatic rings. The predicted molar refractivity (Wildman–Crippen MR) is 215 cm³/mol. The van der Waals surface area contributed by atoms with E-state index in [1.807, 2.05) is 89.8 Å². The summed E-state index contributed by atoms with van der Waals surface area (Å²) in [6.07, 6.45) is 1.07. The Balaban J connectivity index is -0.000000297. The van der Waals surface area contributed by atoms with Crippen molar-refractivity contribution in [3.05, 3.63) is 0 Å². The SMILES string of the molecule is CC(C)N(C)C(=O)N(C)C(C)O.CC(C)N(C)C(=O)N(C)C(C)O[Si](C)(C)C(C)(C)C.CNC(C)C.CSC(C)N(C)C(=O)N(C)C(C)C. The van der Waals surface area contributed by atoms with Gasteiger partial charge in [-0.2, -0.15) is 0 Å². The molecule has 3 atom stereocenters. The monoisotopic (exact) mass is 740 g/mol. The van der Waals surface area contributed by atoms with E-state index in [2.05, 4.69) is 53.0 Å². The van der Waals surface area contributed by atoms with E-state index < -0.39 is 14.5 Å². The topological polar surface area (TPSA) is 112 Å². The minimum Gasteiger partial charge on any atom is -0.397 e. The third-order valence-electron chi connectivity index (χ3n) is 8.98. The molecule has 0 fully saturated rings. The molecule has 0 rings (SSSR count). The van der Waals surface area contributed by atoms with Crippen molar-refractivity contribution >= 4 is 38.2 Å². The van der Waals surface area contributed by atoms with Crippen LogP contribution in [0.4, 0.5) is 14.4 Å². The maximum Gasteiger partial charge on any atom is 0.321 e. The highest BCUT2D eigenvalue weighted by atomic mass is 32.2. The number of amides is 6. The van der Waals surface area contributed by atoms with Gasteiger partial charge in [-0.25, -0.2) is 14.4 Å². The minimum absolute atomic E-state index is 0.00112. The van der Waals surface area contributed by atoms with E-state index in [0.29, 0.717) is 6.04 Å². The van der Waals surface area contributed by atoms with Gasteiger partial charge >= 0.3 is 18.1 Å². The van der Waals surface area contributed by atoms with E-state index in [4.69, 9.17) is 9.53 Å². The number of hydrogen-bond donors (Lipinski definition) is 2. The number of carbonyl (C=O) groups excluding carboxylic acids is 3. The molecule has 0 saturated heterocycles. The Morgan fingerprint density at radius 3 is 1.14 bits per heavy atom. The summed E-state index contributed by atoms with van der Waals surface area (Å²) in [7, 11) is 10.7. The predicted octanol–water partition coefficient (Wildman–Crippen LogP) is 7.16. The van der Waals surface area contributed by atoms with Crippen molar-refractivity contribution in [2.75, 3.05) is 55.6 Å². The highest BCUT2D eigenvalue weighted by Gasteiger charge is 2.39. The van der Waals surface area contributed by atoms with Crippen LogP contribution in [0.25, 0.3) is 0 Å². The summed E-state index contributed by atoms with van der Waals surface area (Å²) in [5.41, 5.74) is 0. The van der Waals surface area contributed by atoms with E-state index in [9.17, 15) is 14.4 Å². The molecular weight excluding hydrogens is 659 g/mol. The van der Waals surface area contributed by atoms with Crippen LogP contribution in [0.3, 0.4) is 0 Å². The first-order chi connectivity index (χ1) is 21.9. The van der Waals surface area contributed by atoms with E-state index >= 15 is 0 Å². The second-order valence-electron chi connectivity index (χ2n) is 15.2. The lowest BCUT2D eigenvalue weighted by molar-refractivity contribution is 0.0465. The number of rotatable bonds is 10. The molecule has 12 nitrogen and oxygen atoms in total. The van der Waals surface area contributed by atoms with Crippen molar-refractivity contribution in [1.29, 1.82) is 0 Å². The summed E-state index contributed by atoms with van der Waals surface area (Å²) >= 11 is 1.67. The number of aliphatic hydroxyl groups excluding tert-OH is 1. The van der Waals surface area contributed by atoms with Crippen molar-refractivity contribution < 1.29 is 23.9 Å². The third kappa shape index (κ3) is 21.9. The number of thioether (sulfide) groups is 1. The fourth-order valence-electron chi connectivity index (χ4n) is 2.72. The Labute approximate surface area is 308 Å². The lowest BCUT2D eigenvalue weighted by Gasteiger charge is -2.41. The van der Waals surface area contributed by atoms with Gasteiger partial charge in [-0.3, -0.25) is 0 Å². The van der Waals surface area contributed by atoms with Gasteiger partial charge in [-0.1, -0.05) is 34.6 Å². The largest absolute Gasteiger partial charge is 0.397 e. The molecule has 14 heteroatoms. The van der Waals surface area contributed by atoms with E-state index in [0.717, 1.165) is 0 Å². The summed E-state index contributed by atoms with van der Waals surface area (Å²) in [5.74, 6) is 0. The van der Waals surface area contributed by atoms with E-state index in [1.54, 1.807) is 64.3 Å². The van der Waals surface area contributed by atoms with Crippen molar-refractivity contribution in [2.24, 2.45) is 0 Å². The molecule has 0 aliphatic carbocycles. The average Bonchev–Trinajstić information content (AvgIpc) is 3.00. The molecule has 0 bridgehead atoms. The van der Waals surface area contributed by atoms with Crippen LogP contribution < -0.4 is 5.32 Å². The van der Waals surface area contributed by atoms with Gasteiger partial charge in [-0.15, -0.1) is 11.8 Å². The lowest BCUT2D eigenvalue weighted by Crippen LogP contribution is -2.52. The lowest BCUT2D eigenvalue weighted by atomic mass is 10.2. The van der Waals surface area contributed by atoms with Crippen LogP contribution in [0.15, 0.2) is 0 Å². The summed E-state index contributed by atoms with van der Waals surface area (Å²) in [6, 6.07) is 1.14. The van der Waals surface area contributed by atoms with Crippen LogP contribution in [0.2, 0.25) is 18.1 Å². The van der Waals surface area contributed by atoms with Gasteiger partial charge in [0.2, 0.25) is 0 Å². The first-order valence-corrected chi connectivity index (χ1v) is 21.6. The minimum atomic E-state index is -1.85. The molecule has 0 aromatic rings. The van der Waals surface area contributed by atoms with Gasteiger partial charge in [0, 0.05) is 66.5 Å². The van der Waals surface area contributed by atoms with Crippen molar-refractivity contribution in [2.45, 2.75) is 157 Å². The second kappa shape index (κ2) is 25.2. The Hall–Kier alpha value is -1.74. The Kier molecular flexibility index (Phi) is 27.8. The van der Waals surface area contributed by atoms with Crippen LogP contribution in [0.1, 0.15) is 96.9 Å². The molecule has 0 aliphatic heterocycles. The van der Waals surface area contributed by atoms with Crippen LogP contribution in [-0.2, 0) is 4.43 Å². The van der Waals surface area contributed by atoms with E-state index in [-0.39, 0.29) is 52.9 Å². The van der Waals surface area contributed by atoms with Gasteiger partial charge in [0.1, 0.15) is 12.5 Å². The summed E-state index contributed by atoms with van der Waals surface area (Å²) in [6.45, 7) is 32.6. The first kappa shape index (κ1) is 54.0. The zero-order valence-electron chi connectivity index (χ0n) is 36.2. The molecule has 0 saturated carbocycles. The Morgan fingerprint density at radius 2 is 0.918 bits per heavy atom. The highest BCUT2D eigenvalue weighted by Crippen LogP contribution is 2.37. The Morgan fingerprint density at radius 1 is 0.633 bits per heavy atom. The van der Waals surface area contributed by atoms with Gasteiger partial charge in [-0.05, 0) is 93.7 Å². The van der Waals surface area contributed by atoms with Crippen molar-refractivity contribution in [1.82, 2.24) is 34.7 Å². The molecule has 296 valence electrons. The standard InChI is InChI=1S/C14H32N2O2Si.C9H20N2OS.C8H18N2O2.C4H11N/c1-11(2)15(7)13(17)16(8)12(3)18-19(9,10)14(4,5)6;1-7(2)10(4)9(12)11(5)8(3)13-6;1-6(2)9(4)8(12)10(5)7(3)11;1-4(2)5-3/h11-12H,1-10H3;7-8H,1-6H3;6-7,11H,1-5H3;4-5H,1-3H3. The van der Waals surface area contributed by atoms with Crippen LogP contribution >= 0.6 is 11.8 Å². The highest BCUT2D eigenvalue weighted by molar-refractivity contribution is 7.99. The quantitative estimate of drug-likeness (QED) is 0.181. The van der Waals surface area contributed by atoms with Gasteiger partial charge in [0.15, 0.2) is 8.32 Å². The summed E-state index contributed by atoms with van der Waals surface area (Å²) in [5, 5.41) is 12.5. The summed E-state index contributed by atoms with van der Waals surface area (Å²) < 4.78 is 6.23. The second-order valence-corrected chi connectivity index (χ2v) is 21.1. The Bertz CT molecular complexity index is 901. The average molecular weight is 740 g/mol. The third-order valence-corrected chi connectivity index (χ3v) is 14.5. The number of urea groups is 3. The molecule has 0 heterocycles. The fourth-order valence-corrected chi connectivity index (χ4v) is 4.49. The number of hydrogen-bond acceptors (Lipinski definition) is 7. The maximum absolute atomic E-state index is 12.2. The van der Waals surface area contributed by atoms with Gasteiger partial charge < -0.3 is 44.2 Å². The number of aliphatic hydroxyl groups is 1.